The van der Waals surface area contributed by atoms with Gasteiger partial charge in [0.25, 0.3) is 0 Å². The zero-order chi connectivity index (χ0) is 17.5. The molecule has 0 saturated heterocycles. The Bertz CT molecular complexity index is 753. The number of nitriles is 1. The number of carbonyl (C=O) groups excluding carboxylic acids is 1. The van der Waals surface area contributed by atoms with Crippen LogP contribution in [0.25, 0.3) is 0 Å². The van der Waals surface area contributed by atoms with Gasteiger partial charge in [-0.25, -0.2) is 9.18 Å². The molecule has 0 aliphatic carbocycles. The van der Waals surface area contributed by atoms with Crippen molar-refractivity contribution in [2.45, 2.75) is 20.0 Å². The van der Waals surface area contributed by atoms with E-state index in [0.717, 1.165) is 6.07 Å². The van der Waals surface area contributed by atoms with E-state index in [1.54, 1.807) is 38.1 Å². The number of esters is 1. The number of benzene rings is 2. The van der Waals surface area contributed by atoms with Crippen molar-refractivity contribution in [3.8, 4) is 23.3 Å². The van der Waals surface area contributed by atoms with Crippen LogP contribution in [-0.4, -0.2) is 18.7 Å². The summed E-state index contributed by atoms with van der Waals surface area (Å²) < 4.78 is 29.5. The lowest BCUT2D eigenvalue weighted by atomic mass is 10.2. The molecule has 2 aromatic rings. The summed E-state index contributed by atoms with van der Waals surface area (Å²) in [6.45, 7) is 3.60. The largest absolute Gasteiger partial charge is 0.479 e. The summed E-state index contributed by atoms with van der Waals surface area (Å²) >= 11 is 0. The van der Waals surface area contributed by atoms with Crippen LogP contribution in [0.4, 0.5) is 4.39 Å². The lowest BCUT2D eigenvalue weighted by molar-refractivity contribution is -0.150. The number of hydrogen-bond acceptors (Lipinski definition) is 5. The summed E-state index contributed by atoms with van der Waals surface area (Å²) in [6, 6.07) is 12.2. The number of carbonyl (C=O) groups is 1. The molecule has 0 saturated carbocycles. The summed E-state index contributed by atoms with van der Waals surface area (Å²) in [4.78, 5) is 11.5. The van der Waals surface area contributed by atoms with Gasteiger partial charge in [0, 0.05) is 0 Å². The molecule has 2 aromatic carbocycles. The van der Waals surface area contributed by atoms with Gasteiger partial charge < -0.3 is 14.2 Å². The van der Waals surface area contributed by atoms with Gasteiger partial charge in [0.05, 0.1) is 18.2 Å². The second-order valence-corrected chi connectivity index (χ2v) is 4.84. The molecule has 6 heteroatoms. The molecule has 24 heavy (non-hydrogen) atoms. The normalized spacial score (nSPS) is 11.2. The molecule has 2 rings (SSSR count). The monoisotopic (exact) mass is 329 g/mol. The molecule has 1 unspecified atom stereocenters. The minimum atomic E-state index is -0.729. The second-order valence-electron chi connectivity index (χ2n) is 4.84. The molecule has 1 atom stereocenters. The molecule has 5 nitrogen and oxygen atoms in total. The van der Waals surface area contributed by atoms with Gasteiger partial charge in [-0.1, -0.05) is 0 Å². The van der Waals surface area contributed by atoms with Gasteiger partial charge in [-0.2, -0.15) is 5.26 Å². The Balaban J connectivity index is 2.02. The molecular formula is C18H16FNO4. The number of nitrogens with zero attached hydrogens (tertiary/aromatic N) is 1. The van der Waals surface area contributed by atoms with Crippen molar-refractivity contribution in [3.63, 3.8) is 0 Å². The summed E-state index contributed by atoms with van der Waals surface area (Å²) in [5, 5.41) is 8.71. The van der Waals surface area contributed by atoms with Gasteiger partial charge in [0.2, 0.25) is 0 Å². The first-order chi connectivity index (χ1) is 11.5. The molecule has 0 heterocycles. The SMILES string of the molecule is CCOC(=O)C(C)Oc1ccc(Oc2ccc(C#N)cc2F)cc1. The van der Waals surface area contributed by atoms with E-state index in [2.05, 4.69) is 0 Å². The van der Waals surface area contributed by atoms with E-state index in [-0.39, 0.29) is 17.9 Å². The molecule has 0 aliphatic heterocycles. The van der Waals surface area contributed by atoms with Gasteiger partial charge in [-0.3, -0.25) is 0 Å². The Labute approximate surface area is 139 Å². The first-order valence-electron chi connectivity index (χ1n) is 7.34. The van der Waals surface area contributed by atoms with E-state index < -0.39 is 17.9 Å². The molecule has 0 aromatic heterocycles. The third-order valence-corrected chi connectivity index (χ3v) is 3.04. The highest BCUT2D eigenvalue weighted by atomic mass is 19.1. The van der Waals surface area contributed by atoms with E-state index in [1.165, 1.54) is 12.1 Å². The maximum atomic E-state index is 13.8. The molecule has 0 spiro atoms. The van der Waals surface area contributed by atoms with Crippen LogP contribution in [0, 0.1) is 17.1 Å². The van der Waals surface area contributed by atoms with Crippen LogP contribution < -0.4 is 9.47 Å². The first kappa shape index (κ1) is 17.3. The fourth-order valence-electron chi connectivity index (χ4n) is 1.88. The Kier molecular flexibility index (Phi) is 5.74. The van der Waals surface area contributed by atoms with E-state index in [0.29, 0.717) is 11.5 Å². The average Bonchev–Trinajstić information content (AvgIpc) is 2.58. The van der Waals surface area contributed by atoms with Gasteiger partial charge in [-0.15, -0.1) is 0 Å². The second kappa shape index (κ2) is 7.97. The van der Waals surface area contributed by atoms with Crippen molar-refractivity contribution in [1.82, 2.24) is 0 Å². The Morgan fingerprint density at radius 1 is 1.21 bits per heavy atom. The molecule has 0 bridgehead atoms. The zero-order valence-electron chi connectivity index (χ0n) is 13.3. The smallest absolute Gasteiger partial charge is 0.347 e. The number of halogens is 1. The maximum Gasteiger partial charge on any atom is 0.347 e. The quantitative estimate of drug-likeness (QED) is 0.754. The summed E-state index contributed by atoms with van der Waals surface area (Å²) in [5.74, 6) is -0.191. The van der Waals surface area contributed by atoms with Crippen molar-refractivity contribution in [2.75, 3.05) is 6.61 Å². The standard InChI is InChI=1S/C18H16FNO4/c1-3-22-18(21)12(2)23-14-5-7-15(8-6-14)24-17-9-4-13(11-20)10-16(17)19/h4-10,12H,3H2,1-2H3. The topological polar surface area (TPSA) is 68.6 Å². The van der Waals surface area contributed by atoms with Crippen LogP contribution in [0.2, 0.25) is 0 Å². The number of ether oxygens (including phenoxy) is 3. The number of rotatable bonds is 6. The van der Waals surface area contributed by atoms with Crippen LogP contribution >= 0.6 is 0 Å². The Morgan fingerprint density at radius 2 is 1.88 bits per heavy atom. The predicted octanol–water partition coefficient (Wildman–Crippen LogP) is 3.82. The van der Waals surface area contributed by atoms with Crippen LogP contribution in [0.3, 0.4) is 0 Å². The molecular weight excluding hydrogens is 313 g/mol. The maximum absolute atomic E-state index is 13.8. The van der Waals surface area contributed by atoms with E-state index >= 15 is 0 Å². The van der Waals surface area contributed by atoms with Crippen LogP contribution in [0.15, 0.2) is 42.5 Å². The fourth-order valence-corrected chi connectivity index (χ4v) is 1.88. The van der Waals surface area contributed by atoms with E-state index in [9.17, 15) is 9.18 Å². The van der Waals surface area contributed by atoms with Crippen molar-refractivity contribution in [2.24, 2.45) is 0 Å². The summed E-state index contributed by atoms with van der Waals surface area (Å²) in [7, 11) is 0. The first-order valence-corrected chi connectivity index (χ1v) is 7.34. The highest BCUT2D eigenvalue weighted by Gasteiger charge is 2.15. The summed E-state index contributed by atoms with van der Waals surface area (Å²) in [6.07, 6.45) is -0.729. The Morgan fingerprint density at radius 3 is 2.46 bits per heavy atom. The van der Waals surface area contributed by atoms with Crippen LogP contribution in [0.1, 0.15) is 19.4 Å². The van der Waals surface area contributed by atoms with Crippen molar-refractivity contribution in [1.29, 1.82) is 5.26 Å². The van der Waals surface area contributed by atoms with E-state index in [4.69, 9.17) is 19.5 Å². The third kappa shape index (κ3) is 4.46. The van der Waals surface area contributed by atoms with Gasteiger partial charge in [0.15, 0.2) is 17.7 Å². The van der Waals surface area contributed by atoms with Crippen LogP contribution in [-0.2, 0) is 9.53 Å². The lowest BCUT2D eigenvalue weighted by Gasteiger charge is -2.13. The molecule has 0 aliphatic rings. The Hall–Kier alpha value is -3.07. The van der Waals surface area contributed by atoms with Crippen LogP contribution in [0.5, 0.6) is 17.2 Å². The van der Waals surface area contributed by atoms with Gasteiger partial charge in [0.1, 0.15) is 11.5 Å². The average molecular weight is 329 g/mol. The minimum Gasteiger partial charge on any atom is -0.479 e. The lowest BCUT2D eigenvalue weighted by Crippen LogP contribution is -2.25. The molecule has 124 valence electrons. The molecule has 0 N–H and O–H groups in total. The van der Waals surface area contributed by atoms with Crippen molar-refractivity contribution in [3.05, 3.63) is 53.8 Å². The van der Waals surface area contributed by atoms with Crippen molar-refractivity contribution >= 4 is 5.97 Å². The van der Waals surface area contributed by atoms with Crippen molar-refractivity contribution < 1.29 is 23.4 Å². The minimum absolute atomic E-state index is 0.0163. The van der Waals surface area contributed by atoms with Gasteiger partial charge in [-0.05, 0) is 56.3 Å². The highest BCUT2D eigenvalue weighted by molar-refractivity contribution is 5.74. The van der Waals surface area contributed by atoms with Gasteiger partial charge >= 0.3 is 5.97 Å². The number of hydrogen-bond donors (Lipinski definition) is 0. The highest BCUT2D eigenvalue weighted by Crippen LogP contribution is 2.27. The molecule has 0 fully saturated rings. The molecule has 0 radical (unpaired) electrons. The summed E-state index contributed by atoms with van der Waals surface area (Å²) in [5.41, 5.74) is 0.219. The predicted molar refractivity (Wildman–Crippen MR) is 84.4 cm³/mol. The fraction of sp³-hybridized carbons (Fsp3) is 0.222. The van der Waals surface area contributed by atoms with E-state index in [1.807, 2.05) is 6.07 Å². The molecule has 0 amide bonds. The zero-order valence-corrected chi connectivity index (χ0v) is 13.3. The third-order valence-electron chi connectivity index (χ3n) is 3.04.